The van der Waals surface area contributed by atoms with Gasteiger partial charge in [0, 0.05) is 25.6 Å². The number of methoxy groups -OCH3 is 1. The van der Waals surface area contributed by atoms with Crippen molar-refractivity contribution in [1.82, 2.24) is 10.5 Å². The Morgan fingerprint density at radius 2 is 2.50 bits per heavy atom. The summed E-state index contributed by atoms with van der Waals surface area (Å²) in [6, 6.07) is 3.73. The summed E-state index contributed by atoms with van der Waals surface area (Å²) in [5.41, 5.74) is 1.41. The van der Waals surface area contributed by atoms with Gasteiger partial charge in [-0.1, -0.05) is 5.16 Å². The van der Waals surface area contributed by atoms with Crippen LogP contribution in [0.15, 0.2) is 27.4 Å². The second-order valence-electron chi connectivity index (χ2n) is 4.88. The van der Waals surface area contributed by atoms with Crippen LogP contribution in [0.4, 0.5) is 0 Å². The molecular formula is C14H16N2O3S. The van der Waals surface area contributed by atoms with E-state index in [1.165, 1.54) is 0 Å². The van der Waals surface area contributed by atoms with E-state index >= 15 is 0 Å². The molecular weight excluding hydrogens is 276 g/mol. The fourth-order valence-corrected chi connectivity index (χ4v) is 2.73. The minimum Gasteiger partial charge on any atom is -0.375 e. The van der Waals surface area contributed by atoms with Crippen molar-refractivity contribution in [2.24, 2.45) is 0 Å². The second kappa shape index (κ2) is 5.76. The number of amides is 1. The first-order valence-corrected chi connectivity index (χ1v) is 7.52. The molecule has 1 unspecified atom stereocenters. The van der Waals surface area contributed by atoms with Crippen LogP contribution < -0.4 is 5.32 Å². The number of hydrogen-bond donors (Lipinski definition) is 1. The van der Waals surface area contributed by atoms with Crippen molar-refractivity contribution in [3.05, 3.63) is 39.9 Å². The van der Waals surface area contributed by atoms with E-state index in [-0.39, 0.29) is 12.0 Å². The van der Waals surface area contributed by atoms with Gasteiger partial charge in [-0.2, -0.15) is 11.3 Å². The topological polar surface area (TPSA) is 64.4 Å². The molecule has 0 aliphatic heterocycles. The first-order chi connectivity index (χ1) is 9.78. The molecule has 1 amide bonds. The van der Waals surface area contributed by atoms with Crippen molar-refractivity contribution >= 4 is 17.2 Å². The van der Waals surface area contributed by atoms with E-state index in [1.807, 2.05) is 16.8 Å². The van der Waals surface area contributed by atoms with Crippen molar-refractivity contribution in [1.29, 1.82) is 0 Å². The lowest BCUT2D eigenvalue weighted by Crippen LogP contribution is -2.29. The number of thiophene rings is 1. The lowest BCUT2D eigenvalue weighted by atomic mass is 10.2. The minimum atomic E-state index is -0.224. The second-order valence-corrected chi connectivity index (χ2v) is 5.66. The maximum atomic E-state index is 12.0. The average Bonchev–Trinajstić information content (AvgIpc) is 2.97. The molecule has 1 atom stereocenters. The third-order valence-electron chi connectivity index (χ3n) is 3.39. The molecule has 2 aromatic heterocycles. The number of carbonyl (C=O) groups is 1. The molecule has 1 aliphatic carbocycles. The number of carbonyl (C=O) groups excluding carboxylic acids is 1. The Morgan fingerprint density at radius 3 is 3.15 bits per heavy atom. The van der Waals surface area contributed by atoms with E-state index in [0.717, 1.165) is 24.2 Å². The van der Waals surface area contributed by atoms with E-state index in [0.29, 0.717) is 18.2 Å². The normalized spacial score (nSPS) is 16.1. The molecule has 20 heavy (non-hydrogen) atoms. The molecule has 106 valence electrons. The Bertz CT molecular complexity index is 575. The van der Waals surface area contributed by atoms with Gasteiger partial charge in [0.2, 0.25) is 0 Å². The molecule has 2 aromatic rings. The Morgan fingerprint density at radius 1 is 1.65 bits per heavy atom. The van der Waals surface area contributed by atoms with E-state index in [1.54, 1.807) is 24.5 Å². The number of hydrogen-bond acceptors (Lipinski definition) is 5. The summed E-state index contributed by atoms with van der Waals surface area (Å²) in [7, 11) is 1.63. The van der Waals surface area contributed by atoms with Gasteiger partial charge in [-0.3, -0.25) is 4.79 Å². The van der Waals surface area contributed by atoms with E-state index in [4.69, 9.17) is 9.26 Å². The van der Waals surface area contributed by atoms with Gasteiger partial charge >= 0.3 is 0 Å². The summed E-state index contributed by atoms with van der Waals surface area (Å²) in [4.78, 5) is 12.0. The van der Waals surface area contributed by atoms with Crippen LogP contribution in [-0.2, 0) is 4.74 Å². The Labute approximate surface area is 120 Å². The number of rotatable bonds is 6. The van der Waals surface area contributed by atoms with Crippen LogP contribution in [0.25, 0.3) is 0 Å². The zero-order valence-corrected chi connectivity index (χ0v) is 12.0. The van der Waals surface area contributed by atoms with Crippen LogP contribution in [0.3, 0.4) is 0 Å². The van der Waals surface area contributed by atoms with Crippen molar-refractivity contribution in [3.63, 3.8) is 0 Å². The molecule has 1 aliphatic rings. The first-order valence-electron chi connectivity index (χ1n) is 6.57. The third kappa shape index (κ3) is 2.91. The van der Waals surface area contributed by atoms with Crippen LogP contribution in [0, 0.1) is 0 Å². The van der Waals surface area contributed by atoms with Gasteiger partial charge in [0.1, 0.15) is 11.9 Å². The van der Waals surface area contributed by atoms with Crippen LogP contribution in [-0.4, -0.2) is 24.7 Å². The summed E-state index contributed by atoms with van der Waals surface area (Å²) in [6.45, 7) is 0.414. The van der Waals surface area contributed by atoms with Crippen molar-refractivity contribution in [3.8, 4) is 0 Å². The highest BCUT2D eigenvalue weighted by atomic mass is 32.1. The van der Waals surface area contributed by atoms with Crippen molar-refractivity contribution < 1.29 is 14.1 Å². The van der Waals surface area contributed by atoms with Gasteiger partial charge in [0.15, 0.2) is 5.69 Å². The van der Waals surface area contributed by atoms with Gasteiger partial charge < -0.3 is 14.6 Å². The zero-order valence-electron chi connectivity index (χ0n) is 11.2. The molecule has 0 saturated heterocycles. The Balaban J connectivity index is 1.57. The molecule has 3 rings (SSSR count). The highest BCUT2D eigenvalue weighted by Gasteiger charge is 2.29. The molecule has 1 saturated carbocycles. The fraction of sp³-hybridized carbons (Fsp3) is 0.429. The monoisotopic (exact) mass is 292 g/mol. The Kier molecular flexibility index (Phi) is 3.84. The van der Waals surface area contributed by atoms with Crippen LogP contribution in [0.1, 0.15) is 46.7 Å². The first kappa shape index (κ1) is 13.3. The molecule has 1 fully saturated rings. The van der Waals surface area contributed by atoms with Crippen LogP contribution in [0.2, 0.25) is 0 Å². The molecule has 0 radical (unpaired) electrons. The summed E-state index contributed by atoms with van der Waals surface area (Å²) in [6.07, 6.45) is 2.11. The van der Waals surface area contributed by atoms with Crippen LogP contribution >= 0.6 is 11.3 Å². The molecule has 5 nitrogen and oxygen atoms in total. The fourth-order valence-electron chi connectivity index (χ4n) is 2.03. The predicted molar refractivity (Wildman–Crippen MR) is 74.9 cm³/mol. The van der Waals surface area contributed by atoms with Gasteiger partial charge in [-0.15, -0.1) is 0 Å². The zero-order chi connectivity index (χ0) is 13.9. The summed E-state index contributed by atoms with van der Waals surface area (Å²) in [5.74, 6) is 1.05. The van der Waals surface area contributed by atoms with E-state index < -0.39 is 0 Å². The largest absolute Gasteiger partial charge is 0.375 e. The number of nitrogens with zero attached hydrogens (tertiary/aromatic N) is 1. The maximum Gasteiger partial charge on any atom is 0.273 e. The van der Waals surface area contributed by atoms with Crippen molar-refractivity contribution in [2.45, 2.75) is 24.9 Å². The molecule has 2 heterocycles. The lowest BCUT2D eigenvalue weighted by molar-refractivity contribution is 0.0822. The number of aromatic nitrogens is 1. The molecule has 0 aromatic carbocycles. The van der Waals surface area contributed by atoms with Crippen molar-refractivity contribution in [2.75, 3.05) is 13.7 Å². The maximum absolute atomic E-state index is 12.0. The number of ether oxygens (including phenoxy) is 1. The minimum absolute atomic E-state index is 0.139. The molecule has 1 N–H and O–H groups in total. The van der Waals surface area contributed by atoms with Gasteiger partial charge in [0.25, 0.3) is 5.91 Å². The number of nitrogens with one attached hydrogen (secondary N) is 1. The summed E-state index contributed by atoms with van der Waals surface area (Å²) >= 11 is 1.61. The Hall–Kier alpha value is -1.66. The quantitative estimate of drug-likeness (QED) is 0.889. The molecule has 6 heteroatoms. The van der Waals surface area contributed by atoms with E-state index in [2.05, 4.69) is 10.5 Å². The summed E-state index contributed by atoms with van der Waals surface area (Å²) in [5, 5.41) is 10.7. The molecule has 0 spiro atoms. The smallest absolute Gasteiger partial charge is 0.273 e. The van der Waals surface area contributed by atoms with Gasteiger partial charge in [0.05, 0.1) is 0 Å². The average molecular weight is 292 g/mol. The third-order valence-corrected chi connectivity index (χ3v) is 4.09. The predicted octanol–water partition coefficient (Wildman–Crippen LogP) is 2.73. The lowest BCUT2D eigenvalue weighted by Gasteiger charge is -2.14. The van der Waals surface area contributed by atoms with Crippen LogP contribution in [0.5, 0.6) is 0 Å². The highest BCUT2D eigenvalue weighted by Crippen LogP contribution is 2.40. The SMILES string of the molecule is COC(CNC(=O)c1cc(C2CC2)on1)c1ccsc1. The van der Waals surface area contributed by atoms with Gasteiger partial charge in [-0.05, 0) is 35.2 Å². The molecule has 0 bridgehead atoms. The van der Waals surface area contributed by atoms with Gasteiger partial charge in [-0.25, -0.2) is 0 Å². The summed E-state index contributed by atoms with van der Waals surface area (Å²) < 4.78 is 10.6. The highest BCUT2D eigenvalue weighted by molar-refractivity contribution is 7.07. The standard InChI is InChI=1S/C14H16N2O3S/c1-18-13(10-4-5-20-8-10)7-15-14(17)11-6-12(19-16-11)9-2-3-9/h4-6,8-9,13H,2-3,7H2,1H3,(H,15,17). The van der Waals surface area contributed by atoms with E-state index in [9.17, 15) is 4.79 Å².